The number of aromatic nitrogens is 3. The van der Waals surface area contributed by atoms with Gasteiger partial charge in [-0.25, -0.2) is 14.2 Å². The first-order chi connectivity index (χ1) is 10.1. The molecular formula is C14H17F2N3O3. The number of hydrogen-bond acceptors (Lipinski definition) is 3. The maximum atomic E-state index is 13.2. The molecule has 0 saturated carbocycles. The molecule has 1 aromatic carbocycles. The van der Waals surface area contributed by atoms with E-state index >= 15 is 0 Å². The first-order valence-electron chi connectivity index (χ1n) is 6.59. The number of benzene rings is 1. The zero-order chi connectivity index (χ0) is 16.9. The number of nitrogens with zero attached hydrogens (tertiary/aromatic N) is 3. The average molecular weight is 313 g/mol. The smallest absolute Gasteiger partial charge is 0.352 e. The topological polar surface area (TPSA) is 69.2 Å². The van der Waals surface area contributed by atoms with Crippen molar-refractivity contribution in [2.24, 2.45) is 7.05 Å². The minimum absolute atomic E-state index is 0.0814. The van der Waals surface area contributed by atoms with Crippen LogP contribution in [0.5, 0.6) is 5.75 Å². The van der Waals surface area contributed by atoms with Gasteiger partial charge >= 0.3 is 17.9 Å². The van der Waals surface area contributed by atoms with E-state index < -0.39 is 17.9 Å². The Kier molecular flexibility index (Phi) is 3.72. The van der Waals surface area contributed by atoms with Crippen LogP contribution in [0.25, 0.3) is 5.69 Å². The van der Waals surface area contributed by atoms with Gasteiger partial charge in [0.15, 0.2) is 0 Å². The second kappa shape index (κ2) is 5.11. The molecule has 2 rings (SSSR count). The zero-order valence-corrected chi connectivity index (χ0v) is 12.9. The number of hydrogen-bond donors (Lipinski definition) is 1. The lowest BCUT2D eigenvalue weighted by Gasteiger charge is -2.19. The summed E-state index contributed by atoms with van der Waals surface area (Å²) >= 11 is 0. The molecule has 0 fully saturated rings. The third-order valence-corrected chi connectivity index (χ3v) is 4.11. The largest absolute Gasteiger partial charge is 0.507 e. The number of alkyl halides is 2. The van der Waals surface area contributed by atoms with Crippen molar-refractivity contribution >= 4 is 0 Å². The molecule has 2 aromatic rings. The van der Waals surface area contributed by atoms with Gasteiger partial charge < -0.3 is 5.11 Å². The van der Waals surface area contributed by atoms with Crippen molar-refractivity contribution in [3.63, 3.8) is 0 Å². The summed E-state index contributed by atoms with van der Waals surface area (Å²) in [5, 5.41) is 10.2. The second-order valence-electron chi connectivity index (χ2n) is 5.26. The van der Waals surface area contributed by atoms with Gasteiger partial charge in [-0.05, 0) is 44.4 Å². The molecule has 0 radical (unpaired) electrons. The molecule has 1 heterocycles. The van der Waals surface area contributed by atoms with Gasteiger partial charge in [-0.1, -0.05) is 0 Å². The van der Waals surface area contributed by atoms with E-state index in [1.54, 1.807) is 20.8 Å². The third-order valence-electron chi connectivity index (χ3n) is 4.11. The molecule has 8 heteroatoms. The summed E-state index contributed by atoms with van der Waals surface area (Å²) in [7, 11) is 1.13. The number of halogens is 2. The van der Waals surface area contributed by atoms with Crippen molar-refractivity contribution in [3.8, 4) is 11.4 Å². The van der Waals surface area contributed by atoms with E-state index in [-0.39, 0.29) is 21.7 Å². The van der Waals surface area contributed by atoms with Crippen molar-refractivity contribution in [1.82, 2.24) is 13.9 Å². The predicted octanol–water partition coefficient (Wildman–Crippen LogP) is 1.67. The van der Waals surface area contributed by atoms with E-state index in [4.69, 9.17) is 0 Å². The molecule has 0 bridgehead atoms. The fourth-order valence-electron chi connectivity index (χ4n) is 2.56. The predicted molar refractivity (Wildman–Crippen MR) is 77.1 cm³/mol. The van der Waals surface area contributed by atoms with Crippen LogP contribution in [0.2, 0.25) is 0 Å². The molecule has 6 nitrogen and oxygen atoms in total. The minimum Gasteiger partial charge on any atom is -0.507 e. The van der Waals surface area contributed by atoms with Crippen molar-refractivity contribution < 1.29 is 13.9 Å². The van der Waals surface area contributed by atoms with Crippen molar-refractivity contribution in [1.29, 1.82) is 0 Å². The summed E-state index contributed by atoms with van der Waals surface area (Å²) < 4.78 is 27.8. The van der Waals surface area contributed by atoms with Crippen LogP contribution in [0.3, 0.4) is 0 Å². The lowest BCUT2D eigenvalue weighted by molar-refractivity contribution is 0.0443. The van der Waals surface area contributed by atoms with Crippen LogP contribution in [-0.2, 0) is 7.05 Å². The summed E-state index contributed by atoms with van der Waals surface area (Å²) in [6, 6.07) is 0. The normalized spacial score (nSPS) is 11.5. The van der Waals surface area contributed by atoms with Crippen molar-refractivity contribution in [3.05, 3.63) is 43.2 Å². The Morgan fingerprint density at radius 3 is 1.95 bits per heavy atom. The Hall–Kier alpha value is -2.38. The van der Waals surface area contributed by atoms with Gasteiger partial charge in [-0.3, -0.25) is 0 Å². The highest BCUT2D eigenvalue weighted by atomic mass is 19.3. The Morgan fingerprint density at radius 2 is 1.45 bits per heavy atom. The van der Waals surface area contributed by atoms with Crippen LogP contribution < -0.4 is 11.4 Å². The highest BCUT2D eigenvalue weighted by molar-refractivity contribution is 5.60. The second-order valence-corrected chi connectivity index (χ2v) is 5.26. The molecule has 0 atom stereocenters. The van der Waals surface area contributed by atoms with Crippen molar-refractivity contribution in [2.45, 2.75) is 34.2 Å². The molecular weight excluding hydrogens is 296 g/mol. The summed E-state index contributed by atoms with van der Waals surface area (Å²) in [4.78, 5) is 24.1. The number of phenols is 1. The molecule has 0 saturated heterocycles. The lowest BCUT2D eigenvalue weighted by atomic mass is 9.97. The van der Waals surface area contributed by atoms with Gasteiger partial charge in [-0.2, -0.15) is 18.1 Å². The number of rotatable bonds is 2. The molecule has 1 aromatic heterocycles. The first kappa shape index (κ1) is 16.0. The monoisotopic (exact) mass is 313 g/mol. The van der Waals surface area contributed by atoms with E-state index in [9.17, 15) is 23.5 Å². The van der Waals surface area contributed by atoms with E-state index in [0.717, 1.165) is 7.05 Å². The molecule has 0 amide bonds. The zero-order valence-electron chi connectivity index (χ0n) is 12.9. The molecule has 22 heavy (non-hydrogen) atoms. The quantitative estimate of drug-likeness (QED) is 0.917. The molecule has 0 aliphatic carbocycles. The molecule has 120 valence electrons. The van der Waals surface area contributed by atoms with E-state index in [1.807, 2.05) is 0 Å². The average Bonchev–Trinajstić information content (AvgIpc) is 2.68. The summed E-state index contributed by atoms with van der Waals surface area (Å²) in [6.07, 6.45) is 0. The maximum absolute atomic E-state index is 13.2. The molecule has 0 unspecified atom stereocenters. The van der Waals surface area contributed by atoms with E-state index in [0.29, 0.717) is 25.9 Å². The fourth-order valence-corrected chi connectivity index (χ4v) is 2.56. The summed E-state index contributed by atoms with van der Waals surface area (Å²) in [5.74, 6) is -0.0814. The van der Waals surface area contributed by atoms with Crippen LogP contribution in [0, 0.1) is 27.7 Å². The highest BCUT2D eigenvalue weighted by Crippen LogP contribution is 2.33. The summed E-state index contributed by atoms with van der Waals surface area (Å²) in [6.45, 7) is 3.41. The standard InChI is InChI=1S/C14H17F2N3O3/c1-6-7(2)10(9(4)11(20)8(6)3)18-13(21)17(5)14(22)19(18)12(15)16/h12,20H,1-5H3. The molecule has 0 aliphatic heterocycles. The van der Waals surface area contributed by atoms with Gasteiger partial charge in [0.25, 0.3) is 0 Å². The van der Waals surface area contributed by atoms with E-state index in [1.165, 1.54) is 6.92 Å². The van der Waals surface area contributed by atoms with Crippen LogP contribution in [0.15, 0.2) is 9.59 Å². The fraction of sp³-hybridized carbons (Fsp3) is 0.429. The number of aromatic hydroxyl groups is 1. The lowest BCUT2D eigenvalue weighted by Crippen LogP contribution is -2.27. The van der Waals surface area contributed by atoms with Gasteiger partial charge in [0.05, 0.1) is 5.69 Å². The van der Waals surface area contributed by atoms with Crippen LogP contribution in [-0.4, -0.2) is 19.0 Å². The number of phenolic OH excluding ortho intramolecular Hbond substituents is 1. The Morgan fingerprint density at radius 1 is 0.909 bits per heavy atom. The highest BCUT2D eigenvalue weighted by Gasteiger charge is 2.25. The van der Waals surface area contributed by atoms with Crippen LogP contribution in [0.1, 0.15) is 28.8 Å². The van der Waals surface area contributed by atoms with Gasteiger partial charge in [-0.15, -0.1) is 0 Å². The van der Waals surface area contributed by atoms with Gasteiger partial charge in [0.1, 0.15) is 5.75 Å². The molecule has 0 aliphatic rings. The Bertz CT molecular complexity index is 846. The molecule has 0 spiro atoms. The third kappa shape index (κ3) is 1.98. The first-order valence-corrected chi connectivity index (χ1v) is 6.59. The van der Waals surface area contributed by atoms with Gasteiger partial charge in [0, 0.05) is 12.6 Å². The van der Waals surface area contributed by atoms with E-state index in [2.05, 4.69) is 0 Å². The van der Waals surface area contributed by atoms with Crippen LogP contribution in [0.4, 0.5) is 8.78 Å². The minimum atomic E-state index is -3.18. The molecule has 1 N–H and O–H groups in total. The van der Waals surface area contributed by atoms with Gasteiger partial charge in [0.2, 0.25) is 0 Å². The Labute approximate surface area is 124 Å². The maximum Gasteiger partial charge on any atom is 0.352 e. The summed E-state index contributed by atoms with van der Waals surface area (Å²) in [5.41, 5.74) is 0.188. The van der Waals surface area contributed by atoms with Crippen molar-refractivity contribution in [2.75, 3.05) is 0 Å². The Balaban J connectivity index is 3.06. The SMILES string of the molecule is Cc1c(C)c(O)c(C)c(-n2c(=O)n(C)c(=O)n2C(F)F)c1C. The van der Waals surface area contributed by atoms with Crippen LogP contribution >= 0.6 is 0 Å².